The van der Waals surface area contributed by atoms with Gasteiger partial charge in [0.25, 0.3) is 0 Å². The Bertz CT molecular complexity index is 437. The average molecular weight is 192 g/mol. The van der Waals surface area contributed by atoms with Crippen molar-refractivity contribution in [3.8, 4) is 5.75 Å². The zero-order valence-electron chi connectivity index (χ0n) is 7.97. The van der Waals surface area contributed by atoms with E-state index in [4.69, 9.17) is 10.5 Å². The molecule has 0 aliphatic carbocycles. The van der Waals surface area contributed by atoms with Gasteiger partial charge in [-0.25, -0.2) is 4.68 Å². The van der Waals surface area contributed by atoms with Gasteiger partial charge in [-0.15, -0.1) is 5.10 Å². The fraction of sp³-hybridized carbons (Fsp3) is 0.333. The molecule has 0 bridgehead atoms. The lowest BCUT2D eigenvalue weighted by Crippen LogP contribution is -2.10. The van der Waals surface area contributed by atoms with E-state index in [1.54, 1.807) is 4.68 Å². The fourth-order valence-electron chi connectivity index (χ4n) is 1.29. The molecule has 0 radical (unpaired) electrons. The van der Waals surface area contributed by atoms with Gasteiger partial charge in [0, 0.05) is 19.7 Å². The summed E-state index contributed by atoms with van der Waals surface area (Å²) in [6.07, 6.45) is 0. The molecule has 0 aliphatic heterocycles. The van der Waals surface area contributed by atoms with Gasteiger partial charge in [0.15, 0.2) is 0 Å². The van der Waals surface area contributed by atoms with Crippen LogP contribution in [0.4, 0.5) is 0 Å². The number of aryl methyl sites for hydroxylation is 1. The normalized spacial score (nSPS) is 10.7. The van der Waals surface area contributed by atoms with Crippen molar-refractivity contribution in [3.63, 3.8) is 0 Å². The van der Waals surface area contributed by atoms with E-state index in [1.165, 1.54) is 0 Å². The molecule has 1 aromatic heterocycles. The van der Waals surface area contributed by atoms with E-state index in [2.05, 4.69) is 10.3 Å². The molecule has 74 valence electrons. The number of aromatic nitrogens is 3. The first-order chi connectivity index (χ1) is 6.81. The largest absolute Gasteiger partial charge is 0.492 e. The number of hydrogen-bond acceptors (Lipinski definition) is 4. The van der Waals surface area contributed by atoms with Crippen molar-refractivity contribution in [1.29, 1.82) is 0 Å². The summed E-state index contributed by atoms with van der Waals surface area (Å²) in [6.45, 7) is 1.03. The highest BCUT2D eigenvalue weighted by atomic mass is 16.5. The van der Waals surface area contributed by atoms with E-state index in [0.717, 1.165) is 16.8 Å². The van der Waals surface area contributed by atoms with E-state index < -0.39 is 0 Å². The molecule has 1 heterocycles. The maximum atomic E-state index is 5.37. The smallest absolute Gasteiger partial charge is 0.121 e. The van der Waals surface area contributed by atoms with Crippen LogP contribution in [0.3, 0.4) is 0 Å². The molecule has 0 atom stereocenters. The van der Waals surface area contributed by atoms with Crippen LogP contribution in [0.15, 0.2) is 18.2 Å². The Labute approximate surface area is 81.5 Å². The van der Waals surface area contributed by atoms with Crippen molar-refractivity contribution in [2.24, 2.45) is 12.8 Å². The molecule has 2 aromatic rings. The van der Waals surface area contributed by atoms with Crippen LogP contribution in [-0.4, -0.2) is 28.1 Å². The number of hydrogen-bond donors (Lipinski definition) is 1. The lowest BCUT2D eigenvalue weighted by atomic mass is 10.3. The molecule has 0 aliphatic rings. The first kappa shape index (κ1) is 8.96. The monoisotopic (exact) mass is 192 g/mol. The Morgan fingerprint density at radius 1 is 1.50 bits per heavy atom. The number of fused-ring (bicyclic) bond motifs is 1. The SMILES string of the molecule is Cn1nnc2cc(OCCN)ccc21. The third kappa shape index (κ3) is 1.54. The third-order valence-electron chi connectivity index (χ3n) is 1.97. The topological polar surface area (TPSA) is 66.0 Å². The molecule has 0 unspecified atom stereocenters. The van der Waals surface area contributed by atoms with Gasteiger partial charge in [-0.2, -0.15) is 0 Å². The van der Waals surface area contributed by atoms with Crippen molar-refractivity contribution in [3.05, 3.63) is 18.2 Å². The first-order valence-electron chi connectivity index (χ1n) is 4.43. The summed E-state index contributed by atoms with van der Waals surface area (Å²) in [7, 11) is 1.86. The van der Waals surface area contributed by atoms with Crippen LogP contribution in [0.5, 0.6) is 5.75 Å². The van der Waals surface area contributed by atoms with E-state index in [9.17, 15) is 0 Å². The van der Waals surface area contributed by atoms with Gasteiger partial charge < -0.3 is 10.5 Å². The molecule has 2 rings (SSSR count). The second-order valence-corrected chi connectivity index (χ2v) is 3.00. The van der Waals surface area contributed by atoms with E-state index in [-0.39, 0.29) is 0 Å². The number of ether oxygens (including phenoxy) is 1. The summed E-state index contributed by atoms with van der Waals surface area (Å²) < 4.78 is 7.09. The van der Waals surface area contributed by atoms with Crippen LogP contribution in [0, 0.1) is 0 Å². The standard InChI is InChI=1S/C9H12N4O/c1-13-9-3-2-7(14-5-4-10)6-8(9)11-12-13/h2-3,6H,4-5,10H2,1H3. The zero-order valence-corrected chi connectivity index (χ0v) is 7.97. The molecule has 2 N–H and O–H groups in total. The zero-order chi connectivity index (χ0) is 9.97. The molecule has 0 spiro atoms. The predicted molar refractivity (Wildman–Crippen MR) is 53.1 cm³/mol. The van der Waals surface area contributed by atoms with Crippen LogP contribution < -0.4 is 10.5 Å². The maximum Gasteiger partial charge on any atom is 0.121 e. The van der Waals surface area contributed by atoms with Crippen LogP contribution in [0.25, 0.3) is 11.0 Å². The minimum atomic E-state index is 0.512. The van der Waals surface area contributed by atoms with Crippen LogP contribution >= 0.6 is 0 Å². The van der Waals surface area contributed by atoms with Gasteiger partial charge in [0.2, 0.25) is 0 Å². The van der Waals surface area contributed by atoms with Crippen molar-refractivity contribution in [2.75, 3.05) is 13.2 Å². The van der Waals surface area contributed by atoms with Crippen molar-refractivity contribution < 1.29 is 4.74 Å². The van der Waals surface area contributed by atoms with Crippen LogP contribution in [0.1, 0.15) is 0 Å². The number of rotatable bonds is 3. The van der Waals surface area contributed by atoms with Gasteiger partial charge in [0.1, 0.15) is 17.9 Å². The summed E-state index contributed by atoms with van der Waals surface area (Å²) in [5, 5.41) is 7.89. The second kappa shape index (κ2) is 3.63. The maximum absolute atomic E-state index is 5.37. The third-order valence-corrected chi connectivity index (χ3v) is 1.97. The van der Waals surface area contributed by atoms with Gasteiger partial charge in [-0.3, -0.25) is 0 Å². The summed E-state index contributed by atoms with van der Waals surface area (Å²) in [5.74, 6) is 0.781. The van der Waals surface area contributed by atoms with Crippen molar-refractivity contribution >= 4 is 11.0 Å². The fourth-order valence-corrected chi connectivity index (χ4v) is 1.29. The highest BCUT2D eigenvalue weighted by Crippen LogP contribution is 2.17. The molecular weight excluding hydrogens is 180 g/mol. The summed E-state index contributed by atoms with van der Waals surface area (Å²) >= 11 is 0. The van der Waals surface area contributed by atoms with E-state index >= 15 is 0 Å². The quantitative estimate of drug-likeness (QED) is 0.759. The number of benzene rings is 1. The highest BCUT2D eigenvalue weighted by Gasteiger charge is 2.02. The molecule has 5 heteroatoms. The molecule has 0 saturated carbocycles. The summed E-state index contributed by atoms with van der Waals surface area (Å²) in [5.41, 5.74) is 7.16. The van der Waals surface area contributed by atoms with Gasteiger partial charge >= 0.3 is 0 Å². The van der Waals surface area contributed by atoms with E-state index in [1.807, 2.05) is 25.2 Å². The minimum absolute atomic E-state index is 0.512. The van der Waals surface area contributed by atoms with Crippen molar-refractivity contribution in [1.82, 2.24) is 15.0 Å². The Morgan fingerprint density at radius 3 is 3.14 bits per heavy atom. The van der Waals surface area contributed by atoms with Crippen LogP contribution in [0.2, 0.25) is 0 Å². The number of nitrogens with two attached hydrogens (primary N) is 1. The van der Waals surface area contributed by atoms with Gasteiger partial charge in [-0.05, 0) is 12.1 Å². The van der Waals surface area contributed by atoms with Crippen molar-refractivity contribution in [2.45, 2.75) is 0 Å². The molecule has 14 heavy (non-hydrogen) atoms. The van der Waals surface area contributed by atoms with Gasteiger partial charge in [0.05, 0.1) is 5.52 Å². The number of nitrogens with zero attached hydrogens (tertiary/aromatic N) is 3. The Balaban J connectivity index is 2.32. The lowest BCUT2D eigenvalue weighted by molar-refractivity contribution is 0.328. The Morgan fingerprint density at radius 2 is 2.36 bits per heavy atom. The molecule has 0 saturated heterocycles. The highest BCUT2D eigenvalue weighted by molar-refractivity contribution is 5.75. The molecule has 5 nitrogen and oxygen atoms in total. The summed E-state index contributed by atoms with van der Waals surface area (Å²) in [4.78, 5) is 0. The minimum Gasteiger partial charge on any atom is -0.492 e. The second-order valence-electron chi connectivity index (χ2n) is 3.00. The molecule has 0 amide bonds. The van der Waals surface area contributed by atoms with Gasteiger partial charge in [-0.1, -0.05) is 5.21 Å². The van der Waals surface area contributed by atoms with E-state index in [0.29, 0.717) is 13.2 Å². The predicted octanol–water partition coefficient (Wildman–Crippen LogP) is 0.306. The lowest BCUT2D eigenvalue weighted by Gasteiger charge is -2.03. The Hall–Kier alpha value is -1.62. The molecule has 1 aromatic carbocycles. The Kier molecular flexibility index (Phi) is 2.32. The average Bonchev–Trinajstić information content (AvgIpc) is 2.57. The molecular formula is C9H12N4O. The van der Waals surface area contributed by atoms with Crippen LogP contribution in [-0.2, 0) is 7.05 Å². The molecule has 0 fully saturated rings. The first-order valence-corrected chi connectivity index (χ1v) is 4.43. The summed E-state index contributed by atoms with van der Waals surface area (Å²) in [6, 6.07) is 5.68.